The Kier molecular flexibility index (Phi) is 6.31. The molecule has 1 aromatic rings. The lowest BCUT2D eigenvalue weighted by Gasteiger charge is -2.41. The minimum atomic E-state index is -1.37. The topological polar surface area (TPSA) is 96.4 Å². The van der Waals surface area contributed by atoms with Gasteiger partial charge in [0.05, 0.1) is 18.6 Å². The fourth-order valence-electron chi connectivity index (χ4n) is 6.94. The van der Waals surface area contributed by atoms with Crippen LogP contribution in [0.1, 0.15) is 38.3 Å². The summed E-state index contributed by atoms with van der Waals surface area (Å²) in [4.78, 5) is 45.5. The van der Waals surface area contributed by atoms with E-state index in [0.29, 0.717) is 13.0 Å². The summed E-state index contributed by atoms with van der Waals surface area (Å²) in [6, 6.07) is 4.21. The Labute approximate surface area is 217 Å². The molecule has 8 heteroatoms. The van der Waals surface area contributed by atoms with Crippen molar-refractivity contribution in [1.82, 2.24) is 4.90 Å². The van der Waals surface area contributed by atoms with Gasteiger partial charge in [-0.15, -0.1) is 0 Å². The number of esters is 1. The zero-order chi connectivity index (χ0) is 26.7. The number of ether oxygens (including phenoxy) is 2. The number of amides is 2. The highest BCUT2D eigenvalue weighted by molar-refractivity contribution is 6.06. The molecule has 198 valence electrons. The maximum atomic E-state index is 14.6. The predicted molar refractivity (Wildman–Crippen MR) is 138 cm³/mol. The smallest absolute Gasteiger partial charge is 0.313 e. The van der Waals surface area contributed by atoms with Crippen LogP contribution in [0.2, 0.25) is 0 Å². The molecular formula is C29H36N2O6. The molecule has 4 aliphatic heterocycles. The van der Waals surface area contributed by atoms with Gasteiger partial charge >= 0.3 is 5.97 Å². The summed E-state index contributed by atoms with van der Waals surface area (Å²) in [6.07, 6.45) is 7.74. The van der Waals surface area contributed by atoms with E-state index in [9.17, 15) is 19.5 Å². The van der Waals surface area contributed by atoms with Gasteiger partial charge in [-0.3, -0.25) is 14.4 Å². The lowest BCUT2D eigenvalue weighted by molar-refractivity contribution is -0.159. The van der Waals surface area contributed by atoms with Gasteiger partial charge in [-0.25, -0.2) is 0 Å². The molecule has 2 fully saturated rings. The average Bonchev–Trinajstić information content (AvgIpc) is 3.13. The van der Waals surface area contributed by atoms with Crippen LogP contribution in [-0.4, -0.2) is 70.8 Å². The fourth-order valence-corrected chi connectivity index (χ4v) is 6.94. The monoisotopic (exact) mass is 508 g/mol. The standard InChI is InChI=1S/C29H36N2O6/c1-6-28-12-9-15-36-27(35)22(28)21-25(33)31(20(16-32)17(2)3)24-26(34)30(14-8-13-29(21,24)37-28)23-18(4)10-7-11-19(23)5/h7-13,17,20-22,24,32H,6,14-16H2,1-5H3/t20-,21-,22+,24?,28-,29-/m0/s1. The number of aliphatic hydroxyl groups is 1. The fraction of sp³-hybridized carbons (Fsp3) is 0.552. The van der Waals surface area contributed by atoms with Crippen LogP contribution in [0.15, 0.2) is 42.5 Å². The Morgan fingerprint density at radius 2 is 1.76 bits per heavy atom. The highest BCUT2D eigenvalue weighted by atomic mass is 16.6. The molecule has 8 nitrogen and oxygen atoms in total. The van der Waals surface area contributed by atoms with Gasteiger partial charge in [0, 0.05) is 12.2 Å². The Balaban J connectivity index is 1.73. The largest absolute Gasteiger partial charge is 0.461 e. The number of hydrogen-bond donors (Lipinski definition) is 1. The number of nitrogens with zero attached hydrogens (tertiary/aromatic N) is 2. The van der Waals surface area contributed by atoms with Crippen molar-refractivity contribution in [3.05, 3.63) is 53.6 Å². The summed E-state index contributed by atoms with van der Waals surface area (Å²) in [5.74, 6) is -3.10. The first-order valence-electron chi connectivity index (χ1n) is 13.2. The number of carbonyl (C=O) groups excluding carboxylic acids is 3. The van der Waals surface area contributed by atoms with Crippen molar-refractivity contribution in [3.63, 3.8) is 0 Å². The zero-order valence-corrected chi connectivity index (χ0v) is 22.1. The van der Waals surface area contributed by atoms with Crippen LogP contribution in [0.4, 0.5) is 5.69 Å². The van der Waals surface area contributed by atoms with Crippen LogP contribution in [0, 0.1) is 31.6 Å². The first-order chi connectivity index (χ1) is 17.6. The number of benzene rings is 1. The van der Waals surface area contributed by atoms with Crippen molar-refractivity contribution >= 4 is 23.5 Å². The van der Waals surface area contributed by atoms with Gasteiger partial charge in [-0.1, -0.05) is 57.2 Å². The summed E-state index contributed by atoms with van der Waals surface area (Å²) in [7, 11) is 0. The molecule has 0 bridgehead atoms. The molecule has 1 N–H and O–H groups in total. The van der Waals surface area contributed by atoms with Crippen LogP contribution in [0.25, 0.3) is 0 Å². The maximum Gasteiger partial charge on any atom is 0.313 e. The number of aryl methyl sites for hydroxylation is 2. The van der Waals surface area contributed by atoms with E-state index in [1.165, 1.54) is 4.90 Å². The number of anilines is 1. The summed E-state index contributed by atoms with van der Waals surface area (Å²) >= 11 is 0. The van der Waals surface area contributed by atoms with E-state index in [1.54, 1.807) is 11.0 Å². The number of para-hydroxylation sites is 1. The van der Waals surface area contributed by atoms with Gasteiger partial charge in [0.2, 0.25) is 5.91 Å². The van der Waals surface area contributed by atoms with Crippen LogP contribution >= 0.6 is 0 Å². The minimum Gasteiger partial charge on any atom is -0.461 e. The van der Waals surface area contributed by atoms with E-state index < -0.39 is 41.1 Å². The first-order valence-corrected chi connectivity index (χ1v) is 13.2. The number of hydrogen-bond acceptors (Lipinski definition) is 6. The summed E-state index contributed by atoms with van der Waals surface area (Å²) in [5.41, 5.74) is 0.252. The Bertz CT molecular complexity index is 1170. The predicted octanol–water partition coefficient (Wildman–Crippen LogP) is 2.70. The van der Waals surface area contributed by atoms with E-state index in [2.05, 4.69) is 0 Å². The van der Waals surface area contributed by atoms with Crippen LogP contribution in [0.5, 0.6) is 0 Å². The summed E-state index contributed by atoms with van der Waals surface area (Å²) < 4.78 is 12.4. The number of rotatable bonds is 5. The van der Waals surface area contributed by atoms with E-state index >= 15 is 0 Å². The molecule has 37 heavy (non-hydrogen) atoms. The van der Waals surface area contributed by atoms with Crippen molar-refractivity contribution < 1.29 is 29.0 Å². The minimum absolute atomic E-state index is 0.113. The Morgan fingerprint density at radius 1 is 1.05 bits per heavy atom. The second-order valence-corrected chi connectivity index (χ2v) is 11.0. The van der Waals surface area contributed by atoms with E-state index in [1.807, 2.05) is 71.0 Å². The maximum absolute atomic E-state index is 14.6. The number of cyclic esters (lactones) is 1. The lowest BCUT2D eigenvalue weighted by Crippen LogP contribution is -2.60. The third-order valence-corrected chi connectivity index (χ3v) is 8.66. The molecule has 4 aliphatic rings. The highest BCUT2D eigenvalue weighted by Gasteiger charge is 2.76. The van der Waals surface area contributed by atoms with Crippen molar-refractivity contribution in [3.8, 4) is 0 Å². The molecule has 0 aromatic heterocycles. The third-order valence-electron chi connectivity index (χ3n) is 8.66. The molecule has 1 unspecified atom stereocenters. The first kappa shape index (κ1) is 25.7. The van der Waals surface area contributed by atoms with Crippen LogP contribution in [0.3, 0.4) is 0 Å². The third kappa shape index (κ3) is 3.52. The average molecular weight is 509 g/mol. The van der Waals surface area contributed by atoms with Crippen LogP contribution < -0.4 is 4.90 Å². The highest BCUT2D eigenvalue weighted by Crippen LogP contribution is 2.59. The van der Waals surface area contributed by atoms with Gasteiger partial charge in [0.25, 0.3) is 5.91 Å². The van der Waals surface area contributed by atoms with Gasteiger partial charge in [0.1, 0.15) is 29.8 Å². The summed E-state index contributed by atoms with van der Waals surface area (Å²) in [5, 5.41) is 10.4. The van der Waals surface area contributed by atoms with Gasteiger partial charge in [-0.05, 0) is 43.4 Å². The molecule has 6 atom stereocenters. The number of aliphatic hydroxyl groups excluding tert-OH is 1. The second-order valence-electron chi connectivity index (χ2n) is 11.0. The van der Waals surface area contributed by atoms with Crippen molar-refractivity contribution in [2.45, 2.75) is 64.3 Å². The quantitative estimate of drug-likeness (QED) is 0.485. The van der Waals surface area contributed by atoms with Crippen molar-refractivity contribution in [2.24, 2.45) is 17.8 Å². The van der Waals surface area contributed by atoms with E-state index in [0.717, 1.165) is 16.8 Å². The van der Waals surface area contributed by atoms with E-state index in [-0.39, 0.29) is 30.9 Å². The number of carbonyl (C=O) groups is 3. The normalized spacial score (nSPS) is 33.7. The second kappa shape index (κ2) is 9.10. The van der Waals surface area contributed by atoms with Gasteiger partial charge in [-0.2, -0.15) is 0 Å². The molecule has 1 aromatic carbocycles. The number of fused-ring (bicyclic) bond motifs is 2. The van der Waals surface area contributed by atoms with Gasteiger partial charge in [0.15, 0.2) is 0 Å². The molecule has 2 saturated heterocycles. The SMILES string of the molecule is CC[C@]12C=CCOC(=O)[C@H]1[C@H]1C(=O)N([C@@H](CO)C(C)C)C3C(=O)N(c4c(C)cccc4C)CC=C[C@@]31O2. The molecule has 1 spiro atoms. The van der Waals surface area contributed by atoms with Crippen molar-refractivity contribution in [1.29, 1.82) is 0 Å². The molecule has 0 aliphatic carbocycles. The molecule has 0 saturated carbocycles. The van der Waals surface area contributed by atoms with E-state index in [4.69, 9.17) is 9.47 Å². The number of likely N-dealkylation sites (tertiary alicyclic amines) is 1. The van der Waals surface area contributed by atoms with Crippen molar-refractivity contribution in [2.75, 3.05) is 24.7 Å². The Hall–Kier alpha value is -2.97. The summed E-state index contributed by atoms with van der Waals surface area (Å²) in [6.45, 7) is 9.77. The Morgan fingerprint density at radius 3 is 2.38 bits per heavy atom. The molecule has 4 heterocycles. The van der Waals surface area contributed by atoms with Crippen LogP contribution in [-0.2, 0) is 23.9 Å². The zero-order valence-electron chi connectivity index (χ0n) is 22.1. The lowest BCUT2D eigenvalue weighted by atomic mass is 9.73. The molecular weight excluding hydrogens is 472 g/mol. The molecule has 2 amide bonds. The van der Waals surface area contributed by atoms with Gasteiger partial charge < -0.3 is 24.4 Å². The molecule has 5 rings (SSSR count). The molecule has 0 radical (unpaired) electrons.